The van der Waals surface area contributed by atoms with E-state index in [1.165, 1.54) is 0 Å². The van der Waals surface area contributed by atoms with E-state index in [1.807, 2.05) is 16.7 Å². The molecule has 1 N–H and O–H groups in total. The van der Waals surface area contributed by atoms with E-state index >= 15 is 0 Å². The van der Waals surface area contributed by atoms with Gasteiger partial charge in [-0.2, -0.15) is 0 Å². The topological polar surface area (TPSA) is 34.0 Å². The zero-order chi connectivity index (χ0) is 8.55. The van der Waals surface area contributed by atoms with Gasteiger partial charge in [-0.15, -0.1) is 0 Å². The van der Waals surface area contributed by atoms with E-state index in [0.717, 1.165) is 18.8 Å². The standard InChI is InChI=1S/C9H12N2O/c1-7-6-11-8(5-10-7)3-2-4-9(11)12/h2-4,7,10H,5-6H2,1H3/t7-/m1/s1. The van der Waals surface area contributed by atoms with Crippen LogP contribution in [0.2, 0.25) is 0 Å². The molecule has 1 aromatic rings. The molecule has 0 aromatic carbocycles. The van der Waals surface area contributed by atoms with E-state index in [9.17, 15) is 4.79 Å². The highest BCUT2D eigenvalue weighted by molar-refractivity contribution is 5.08. The first-order valence-corrected chi connectivity index (χ1v) is 4.19. The van der Waals surface area contributed by atoms with Gasteiger partial charge in [0.1, 0.15) is 0 Å². The van der Waals surface area contributed by atoms with Crippen LogP contribution in [0.25, 0.3) is 0 Å². The smallest absolute Gasteiger partial charge is 0.250 e. The Morgan fingerprint density at radius 3 is 3.25 bits per heavy atom. The van der Waals surface area contributed by atoms with Crippen molar-refractivity contribution in [2.24, 2.45) is 0 Å². The van der Waals surface area contributed by atoms with Gasteiger partial charge in [0, 0.05) is 30.9 Å². The van der Waals surface area contributed by atoms with Crippen molar-refractivity contribution in [2.75, 3.05) is 0 Å². The predicted octanol–water partition coefficient (Wildman–Crippen LogP) is 0.340. The maximum absolute atomic E-state index is 11.3. The molecule has 64 valence electrons. The summed E-state index contributed by atoms with van der Waals surface area (Å²) in [5, 5.41) is 3.31. The fourth-order valence-corrected chi connectivity index (χ4v) is 1.54. The van der Waals surface area contributed by atoms with Gasteiger partial charge >= 0.3 is 0 Å². The number of aromatic nitrogens is 1. The van der Waals surface area contributed by atoms with E-state index < -0.39 is 0 Å². The van der Waals surface area contributed by atoms with Crippen molar-refractivity contribution in [2.45, 2.75) is 26.1 Å². The Morgan fingerprint density at radius 2 is 2.42 bits per heavy atom. The van der Waals surface area contributed by atoms with Crippen LogP contribution in [0.4, 0.5) is 0 Å². The van der Waals surface area contributed by atoms with Crippen LogP contribution in [-0.4, -0.2) is 10.6 Å². The third-order valence-electron chi connectivity index (χ3n) is 2.23. The second kappa shape index (κ2) is 2.75. The molecule has 0 amide bonds. The molecule has 1 aliphatic rings. The first kappa shape index (κ1) is 7.55. The fraction of sp³-hybridized carbons (Fsp3) is 0.444. The summed E-state index contributed by atoms with van der Waals surface area (Å²) in [6.07, 6.45) is 0. The maximum Gasteiger partial charge on any atom is 0.250 e. The van der Waals surface area contributed by atoms with Crippen LogP contribution >= 0.6 is 0 Å². The van der Waals surface area contributed by atoms with Gasteiger partial charge in [0.2, 0.25) is 0 Å². The first-order chi connectivity index (χ1) is 5.77. The van der Waals surface area contributed by atoms with Crippen molar-refractivity contribution in [3.8, 4) is 0 Å². The molecule has 1 atom stereocenters. The second-order valence-electron chi connectivity index (χ2n) is 3.25. The molecule has 2 heterocycles. The van der Waals surface area contributed by atoms with Crippen LogP contribution in [0.1, 0.15) is 12.6 Å². The summed E-state index contributed by atoms with van der Waals surface area (Å²) in [6.45, 7) is 3.68. The van der Waals surface area contributed by atoms with E-state index in [1.54, 1.807) is 6.07 Å². The lowest BCUT2D eigenvalue weighted by Crippen LogP contribution is -2.41. The van der Waals surface area contributed by atoms with E-state index in [-0.39, 0.29) is 5.56 Å². The average molecular weight is 164 g/mol. The molecule has 0 fully saturated rings. The van der Waals surface area contributed by atoms with Crippen molar-refractivity contribution in [3.05, 3.63) is 34.2 Å². The Balaban J connectivity index is 2.50. The molecule has 0 spiro atoms. The van der Waals surface area contributed by atoms with Gasteiger partial charge in [-0.25, -0.2) is 0 Å². The van der Waals surface area contributed by atoms with Gasteiger partial charge in [0.05, 0.1) is 0 Å². The summed E-state index contributed by atoms with van der Waals surface area (Å²) in [5.74, 6) is 0. The molecule has 0 unspecified atom stereocenters. The second-order valence-corrected chi connectivity index (χ2v) is 3.25. The highest BCUT2D eigenvalue weighted by Gasteiger charge is 2.13. The highest BCUT2D eigenvalue weighted by Crippen LogP contribution is 2.04. The largest absolute Gasteiger partial charge is 0.310 e. The zero-order valence-corrected chi connectivity index (χ0v) is 7.08. The van der Waals surface area contributed by atoms with Gasteiger partial charge < -0.3 is 9.88 Å². The number of nitrogens with one attached hydrogen (secondary N) is 1. The van der Waals surface area contributed by atoms with Crippen LogP contribution in [0.5, 0.6) is 0 Å². The molecule has 1 aromatic heterocycles. The normalized spacial score (nSPS) is 21.9. The third kappa shape index (κ3) is 1.16. The Bertz CT molecular complexity index is 343. The molecule has 3 heteroatoms. The van der Waals surface area contributed by atoms with Crippen LogP contribution in [0, 0.1) is 0 Å². The quantitative estimate of drug-likeness (QED) is 0.600. The monoisotopic (exact) mass is 164 g/mol. The molecule has 0 bridgehead atoms. The number of pyridine rings is 1. The molecule has 3 nitrogen and oxygen atoms in total. The number of hydrogen-bond donors (Lipinski definition) is 1. The van der Waals surface area contributed by atoms with Crippen molar-refractivity contribution < 1.29 is 0 Å². The summed E-state index contributed by atoms with van der Waals surface area (Å²) >= 11 is 0. The Kier molecular flexibility index (Phi) is 1.73. The lowest BCUT2D eigenvalue weighted by molar-refractivity contribution is 0.405. The van der Waals surface area contributed by atoms with Gasteiger partial charge in [0.15, 0.2) is 0 Å². The number of nitrogens with zero attached hydrogens (tertiary/aromatic N) is 1. The number of rotatable bonds is 0. The summed E-state index contributed by atoms with van der Waals surface area (Å²) in [6, 6.07) is 5.81. The molecule has 0 saturated heterocycles. The van der Waals surface area contributed by atoms with Gasteiger partial charge in [-0.05, 0) is 13.0 Å². The molecule has 0 aliphatic carbocycles. The van der Waals surface area contributed by atoms with E-state index in [0.29, 0.717) is 6.04 Å². The summed E-state index contributed by atoms with van der Waals surface area (Å²) in [4.78, 5) is 11.3. The molecular weight excluding hydrogens is 152 g/mol. The average Bonchev–Trinajstić information content (AvgIpc) is 2.07. The number of hydrogen-bond acceptors (Lipinski definition) is 2. The molecule has 1 aliphatic heterocycles. The molecule has 12 heavy (non-hydrogen) atoms. The first-order valence-electron chi connectivity index (χ1n) is 4.19. The van der Waals surface area contributed by atoms with Gasteiger partial charge in [-0.1, -0.05) is 6.07 Å². The SMILES string of the molecule is C[C@@H]1Cn2c(cccc2=O)CN1. The van der Waals surface area contributed by atoms with Crippen LogP contribution in [0.15, 0.2) is 23.0 Å². The summed E-state index contributed by atoms with van der Waals surface area (Å²) in [5.41, 5.74) is 1.20. The van der Waals surface area contributed by atoms with Gasteiger partial charge in [0.25, 0.3) is 5.56 Å². The third-order valence-corrected chi connectivity index (χ3v) is 2.23. The van der Waals surface area contributed by atoms with E-state index in [4.69, 9.17) is 0 Å². The fourth-order valence-electron chi connectivity index (χ4n) is 1.54. The van der Waals surface area contributed by atoms with Crippen LogP contribution < -0.4 is 10.9 Å². The minimum absolute atomic E-state index is 0.112. The predicted molar refractivity (Wildman–Crippen MR) is 47.0 cm³/mol. The maximum atomic E-state index is 11.3. The summed E-state index contributed by atoms with van der Waals surface area (Å²) in [7, 11) is 0. The Labute approximate surface area is 71.0 Å². The minimum Gasteiger partial charge on any atom is -0.310 e. The Morgan fingerprint density at radius 1 is 1.58 bits per heavy atom. The van der Waals surface area contributed by atoms with E-state index in [2.05, 4.69) is 12.2 Å². The van der Waals surface area contributed by atoms with Crippen LogP contribution in [0.3, 0.4) is 0 Å². The molecular formula is C9H12N2O. The van der Waals surface area contributed by atoms with Crippen molar-refractivity contribution in [1.82, 2.24) is 9.88 Å². The molecule has 0 saturated carbocycles. The van der Waals surface area contributed by atoms with Crippen molar-refractivity contribution >= 4 is 0 Å². The molecule has 2 rings (SSSR count). The minimum atomic E-state index is 0.112. The van der Waals surface area contributed by atoms with Crippen LogP contribution in [-0.2, 0) is 13.1 Å². The van der Waals surface area contributed by atoms with Crippen molar-refractivity contribution in [1.29, 1.82) is 0 Å². The zero-order valence-electron chi connectivity index (χ0n) is 7.08. The lowest BCUT2D eigenvalue weighted by atomic mass is 10.2. The highest BCUT2D eigenvalue weighted by atomic mass is 16.1. The van der Waals surface area contributed by atoms with Crippen molar-refractivity contribution in [3.63, 3.8) is 0 Å². The Hall–Kier alpha value is -1.09. The lowest BCUT2D eigenvalue weighted by Gasteiger charge is -2.24. The summed E-state index contributed by atoms with van der Waals surface area (Å²) < 4.78 is 1.83. The molecule has 0 radical (unpaired) electrons. The number of fused-ring (bicyclic) bond motifs is 1. The van der Waals surface area contributed by atoms with Gasteiger partial charge in [-0.3, -0.25) is 4.79 Å².